The van der Waals surface area contributed by atoms with Crippen LogP contribution in [-0.4, -0.2) is 0 Å². The number of rotatable bonds is 1. The van der Waals surface area contributed by atoms with Gasteiger partial charge >= 0.3 is 0 Å². The smallest absolute Gasteiger partial charge is 0.128 e. The Bertz CT molecular complexity index is 491. The summed E-state index contributed by atoms with van der Waals surface area (Å²) in [4.78, 5) is 0. The number of para-hydroxylation sites is 1. The maximum Gasteiger partial charge on any atom is 0.128 e. The molecule has 2 aromatic rings. The molecule has 1 atom stereocenters. The average molecular weight is 210 g/mol. The highest BCUT2D eigenvalue weighted by Crippen LogP contribution is 2.37. The van der Waals surface area contributed by atoms with Crippen molar-refractivity contribution in [2.75, 3.05) is 0 Å². The third-order valence-electron chi connectivity index (χ3n) is 3.18. The Kier molecular flexibility index (Phi) is 2.17. The molecule has 1 nitrogen and oxygen atoms in total. The van der Waals surface area contributed by atoms with Crippen LogP contribution in [0.5, 0.6) is 5.75 Å². The van der Waals surface area contributed by atoms with Crippen LogP contribution in [0.15, 0.2) is 48.5 Å². The van der Waals surface area contributed by atoms with Gasteiger partial charge in [0.15, 0.2) is 0 Å². The summed E-state index contributed by atoms with van der Waals surface area (Å²) >= 11 is 0. The number of aryl methyl sites for hydroxylation is 1. The van der Waals surface area contributed by atoms with Crippen LogP contribution in [0.25, 0.3) is 0 Å². The van der Waals surface area contributed by atoms with E-state index in [1.807, 2.05) is 12.1 Å². The normalized spacial score (nSPS) is 17.9. The number of benzene rings is 2. The summed E-state index contributed by atoms with van der Waals surface area (Å²) in [5, 5.41) is 0. The van der Waals surface area contributed by atoms with Crippen LogP contribution in [-0.2, 0) is 6.42 Å². The zero-order valence-corrected chi connectivity index (χ0v) is 9.31. The highest BCUT2D eigenvalue weighted by atomic mass is 16.5. The van der Waals surface area contributed by atoms with Crippen molar-refractivity contribution in [3.63, 3.8) is 0 Å². The second kappa shape index (κ2) is 3.67. The third-order valence-corrected chi connectivity index (χ3v) is 3.18. The minimum Gasteiger partial charge on any atom is -0.485 e. The van der Waals surface area contributed by atoms with Gasteiger partial charge in [0, 0.05) is 6.42 Å². The van der Waals surface area contributed by atoms with E-state index in [2.05, 4.69) is 43.3 Å². The minimum absolute atomic E-state index is 0.193. The van der Waals surface area contributed by atoms with E-state index in [0.29, 0.717) is 0 Å². The Morgan fingerprint density at radius 1 is 1.00 bits per heavy atom. The van der Waals surface area contributed by atoms with Gasteiger partial charge in [-0.3, -0.25) is 0 Å². The van der Waals surface area contributed by atoms with Crippen LogP contribution < -0.4 is 4.74 Å². The molecule has 0 aliphatic carbocycles. The van der Waals surface area contributed by atoms with E-state index in [1.54, 1.807) is 0 Å². The quantitative estimate of drug-likeness (QED) is 0.697. The number of fused-ring (bicyclic) bond motifs is 1. The molecule has 1 heterocycles. The molecule has 0 N–H and O–H groups in total. The van der Waals surface area contributed by atoms with E-state index >= 15 is 0 Å². The molecule has 3 rings (SSSR count). The fourth-order valence-corrected chi connectivity index (χ4v) is 2.30. The van der Waals surface area contributed by atoms with Gasteiger partial charge in [-0.05, 0) is 29.7 Å². The van der Waals surface area contributed by atoms with Gasteiger partial charge in [-0.25, -0.2) is 0 Å². The molecule has 2 aromatic carbocycles. The fourth-order valence-electron chi connectivity index (χ4n) is 2.30. The van der Waals surface area contributed by atoms with Crippen molar-refractivity contribution in [1.29, 1.82) is 0 Å². The molecule has 0 saturated carbocycles. The fraction of sp³-hybridized carbons (Fsp3) is 0.200. The Balaban J connectivity index is 1.95. The summed E-state index contributed by atoms with van der Waals surface area (Å²) in [6.07, 6.45) is 1.18. The molecule has 0 amide bonds. The maximum absolute atomic E-state index is 5.97. The molecular formula is C15H14O. The van der Waals surface area contributed by atoms with Gasteiger partial charge in [0.05, 0.1) is 0 Å². The lowest BCUT2D eigenvalue weighted by Gasteiger charge is -2.13. The zero-order valence-electron chi connectivity index (χ0n) is 9.31. The summed E-state index contributed by atoms with van der Waals surface area (Å²) in [5.74, 6) is 1.04. The molecule has 0 spiro atoms. The van der Waals surface area contributed by atoms with Crippen LogP contribution >= 0.6 is 0 Å². The average Bonchev–Trinajstić information content (AvgIpc) is 2.73. The minimum atomic E-state index is 0.193. The number of hydrogen-bond donors (Lipinski definition) is 0. The van der Waals surface area contributed by atoms with E-state index in [-0.39, 0.29) is 6.10 Å². The first kappa shape index (κ1) is 9.46. The van der Waals surface area contributed by atoms with Crippen molar-refractivity contribution in [3.05, 3.63) is 65.2 Å². The van der Waals surface area contributed by atoms with E-state index in [1.165, 1.54) is 16.7 Å². The van der Waals surface area contributed by atoms with Crippen molar-refractivity contribution in [3.8, 4) is 5.75 Å². The van der Waals surface area contributed by atoms with Gasteiger partial charge < -0.3 is 4.74 Å². The molecular weight excluding hydrogens is 196 g/mol. The summed E-state index contributed by atoms with van der Waals surface area (Å²) in [7, 11) is 0. The second-order valence-corrected chi connectivity index (χ2v) is 4.27. The monoisotopic (exact) mass is 210 g/mol. The molecule has 1 aliphatic rings. The van der Waals surface area contributed by atoms with E-state index < -0.39 is 0 Å². The van der Waals surface area contributed by atoms with Gasteiger partial charge in [0.25, 0.3) is 0 Å². The molecule has 80 valence electrons. The van der Waals surface area contributed by atoms with Gasteiger partial charge in [-0.1, -0.05) is 42.5 Å². The van der Waals surface area contributed by atoms with Crippen LogP contribution in [0, 0.1) is 6.92 Å². The topological polar surface area (TPSA) is 9.23 Å². The maximum atomic E-state index is 5.97. The van der Waals surface area contributed by atoms with E-state index in [0.717, 1.165) is 12.2 Å². The Labute approximate surface area is 95.7 Å². The lowest BCUT2D eigenvalue weighted by atomic mass is 10.00. The first-order valence-electron chi connectivity index (χ1n) is 5.65. The van der Waals surface area contributed by atoms with Gasteiger partial charge in [0.1, 0.15) is 11.9 Å². The van der Waals surface area contributed by atoms with Crippen molar-refractivity contribution in [2.24, 2.45) is 0 Å². The lowest BCUT2D eigenvalue weighted by Crippen LogP contribution is -2.04. The van der Waals surface area contributed by atoms with Crippen LogP contribution in [0.2, 0.25) is 0 Å². The van der Waals surface area contributed by atoms with E-state index in [9.17, 15) is 0 Å². The summed E-state index contributed by atoms with van der Waals surface area (Å²) < 4.78 is 5.97. The van der Waals surface area contributed by atoms with Crippen LogP contribution in [0.4, 0.5) is 0 Å². The zero-order chi connectivity index (χ0) is 11.0. The van der Waals surface area contributed by atoms with Crippen molar-refractivity contribution < 1.29 is 4.74 Å². The second-order valence-electron chi connectivity index (χ2n) is 4.27. The highest BCUT2D eigenvalue weighted by molar-refractivity contribution is 5.41. The summed E-state index contributed by atoms with van der Waals surface area (Å²) in [5.41, 5.74) is 3.93. The Hall–Kier alpha value is -1.76. The number of hydrogen-bond acceptors (Lipinski definition) is 1. The van der Waals surface area contributed by atoms with Crippen molar-refractivity contribution >= 4 is 0 Å². The number of ether oxygens (including phenoxy) is 1. The van der Waals surface area contributed by atoms with Gasteiger partial charge in [-0.2, -0.15) is 0 Å². The Morgan fingerprint density at radius 3 is 2.56 bits per heavy atom. The Morgan fingerprint density at radius 2 is 1.75 bits per heavy atom. The van der Waals surface area contributed by atoms with E-state index in [4.69, 9.17) is 4.74 Å². The molecule has 1 aliphatic heterocycles. The predicted molar refractivity (Wildman–Crippen MR) is 64.7 cm³/mol. The largest absolute Gasteiger partial charge is 0.485 e. The predicted octanol–water partition coefficient (Wildman–Crippen LogP) is 3.67. The third kappa shape index (κ3) is 1.49. The summed E-state index contributed by atoms with van der Waals surface area (Å²) in [6, 6.07) is 16.7. The first-order valence-corrected chi connectivity index (χ1v) is 5.65. The molecule has 0 unspecified atom stereocenters. The molecule has 0 bridgehead atoms. The molecule has 16 heavy (non-hydrogen) atoms. The van der Waals surface area contributed by atoms with Crippen molar-refractivity contribution in [2.45, 2.75) is 19.4 Å². The van der Waals surface area contributed by atoms with Gasteiger partial charge in [-0.15, -0.1) is 0 Å². The lowest BCUT2D eigenvalue weighted by molar-refractivity contribution is 0.238. The molecule has 0 aromatic heterocycles. The molecule has 0 saturated heterocycles. The van der Waals surface area contributed by atoms with Crippen molar-refractivity contribution in [1.82, 2.24) is 0 Å². The van der Waals surface area contributed by atoms with Gasteiger partial charge in [0.2, 0.25) is 0 Å². The molecule has 0 radical (unpaired) electrons. The first-order chi connectivity index (χ1) is 7.84. The van der Waals surface area contributed by atoms with Crippen LogP contribution in [0.3, 0.4) is 0 Å². The molecule has 0 fully saturated rings. The SMILES string of the molecule is Cc1ccccc1[C@@H]1Cc2ccccc2O1. The highest BCUT2D eigenvalue weighted by Gasteiger charge is 2.24. The molecule has 1 heteroatoms. The van der Waals surface area contributed by atoms with Crippen LogP contribution in [0.1, 0.15) is 22.8 Å². The summed E-state index contributed by atoms with van der Waals surface area (Å²) in [6.45, 7) is 2.14. The standard InChI is InChI=1S/C15H14O/c1-11-6-2-4-8-13(11)15-10-12-7-3-5-9-14(12)16-15/h2-9,15H,10H2,1H3/t15-/m0/s1.